The predicted octanol–water partition coefficient (Wildman–Crippen LogP) is 25.0. The molecule has 0 aliphatic carbocycles. The molecule has 0 rings (SSSR count). The first kappa shape index (κ1) is 77.9. The smallest absolute Gasteiger partial charge is 0.306 e. The van der Waals surface area contributed by atoms with Gasteiger partial charge in [0.05, 0.1) is 0 Å². The standard InChI is InChI=1S/C74H140O6/c1-4-7-10-13-15-17-19-21-23-25-27-29-31-33-35-36-37-39-40-42-44-46-48-50-52-54-56-58-61-64-67-73(76)79-70-71(69-78-72(75)66-63-60-12-9-6-3)80-74(77)68-65-62-59-57-55-53-51-49-47-45-43-41-38-34-32-30-28-26-24-22-20-18-16-14-11-8-5-2/h20,22,26,28,71H,4-19,21,23-25,27,29-70H2,1-3H3/b22-20-,28-26-. The lowest BCUT2D eigenvalue weighted by atomic mass is 10.0. The SMILES string of the molecule is CCCCCCC/C=C\C/C=C\CCCCCCCCCCCCCCCCCC(=O)OC(COC(=O)CCCCCCC)COC(=O)CCCCCCCCCCCCCCCCCCCCCCCCCCCCCCCC. The average Bonchev–Trinajstić information content (AvgIpc) is 3.46. The van der Waals surface area contributed by atoms with Crippen molar-refractivity contribution in [3.8, 4) is 0 Å². The van der Waals surface area contributed by atoms with Crippen molar-refractivity contribution in [3.63, 3.8) is 0 Å². The van der Waals surface area contributed by atoms with Gasteiger partial charge in [0.1, 0.15) is 13.2 Å². The Morgan fingerprint density at radius 3 is 0.688 bits per heavy atom. The minimum absolute atomic E-state index is 0.0655. The molecule has 0 aliphatic heterocycles. The molecule has 0 saturated carbocycles. The molecule has 1 unspecified atom stereocenters. The van der Waals surface area contributed by atoms with E-state index in [0.717, 1.165) is 70.6 Å². The highest BCUT2D eigenvalue weighted by Gasteiger charge is 2.19. The van der Waals surface area contributed by atoms with E-state index in [9.17, 15) is 14.4 Å². The molecule has 0 spiro atoms. The Balaban J connectivity index is 3.90. The second kappa shape index (κ2) is 69.4. The van der Waals surface area contributed by atoms with Gasteiger partial charge in [0.25, 0.3) is 0 Å². The van der Waals surface area contributed by atoms with E-state index in [1.165, 1.54) is 302 Å². The Hall–Kier alpha value is -2.11. The summed E-state index contributed by atoms with van der Waals surface area (Å²) in [6.45, 7) is 6.62. The minimum atomic E-state index is -0.765. The molecule has 0 aromatic rings. The summed E-state index contributed by atoms with van der Waals surface area (Å²) in [6, 6.07) is 0. The van der Waals surface area contributed by atoms with Crippen molar-refractivity contribution in [3.05, 3.63) is 24.3 Å². The average molecular weight is 1130 g/mol. The first-order valence-electron chi connectivity index (χ1n) is 36.3. The predicted molar refractivity (Wildman–Crippen MR) is 349 cm³/mol. The maximum atomic E-state index is 12.9. The first-order chi connectivity index (χ1) is 39.5. The van der Waals surface area contributed by atoms with Gasteiger partial charge in [0, 0.05) is 19.3 Å². The molecule has 0 saturated heterocycles. The number of unbranched alkanes of at least 4 members (excludes halogenated alkanes) is 53. The lowest BCUT2D eigenvalue weighted by Crippen LogP contribution is -2.30. The zero-order valence-corrected chi connectivity index (χ0v) is 54.4. The number of hydrogen-bond acceptors (Lipinski definition) is 6. The van der Waals surface area contributed by atoms with Gasteiger partial charge in [-0.05, 0) is 51.4 Å². The Morgan fingerprint density at radius 1 is 0.250 bits per heavy atom. The maximum absolute atomic E-state index is 12.9. The topological polar surface area (TPSA) is 78.9 Å². The van der Waals surface area contributed by atoms with E-state index in [1.54, 1.807) is 0 Å². The molecule has 472 valence electrons. The second-order valence-corrected chi connectivity index (χ2v) is 24.9. The van der Waals surface area contributed by atoms with Crippen LogP contribution in [-0.4, -0.2) is 37.2 Å². The number of ether oxygens (including phenoxy) is 3. The number of carbonyl (C=O) groups excluding carboxylic acids is 3. The van der Waals surface area contributed by atoms with Crippen molar-refractivity contribution in [2.45, 2.75) is 419 Å². The van der Waals surface area contributed by atoms with Crippen LogP contribution < -0.4 is 0 Å². The summed E-state index contributed by atoms with van der Waals surface area (Å²) in [5.74, 6) is -0.851. The van der Waals surface area contributed by atoms with Crippen LogP contribution in [0.1, 0.15) is 412 Å². The molecular formula is C74H140O6. The molecular weight excluding hydrogens is 985 g/mol. The lowest BCUT2D eigenvalue weighted by molar-refractivity contribution is -0.167. The van der Waals surface area contributed by atoms with E-state index < -0.39 is 6.10 Å². The third-order valence-electron chi connectivity index (χ3n) is 16.7. The van der Waals surface area contributed by atoms with Crippen LogP contribution in [-0.2, 0) is 28.6 Å². The fraction of sp³-hybridized carbons (Fsp3) is 0.905. The van der Waals surface area contributed by atoms with Crippen molar-refractivity contribution < 1.29 is 28.6 Å². The summed E-state index contributed by atoms with van der Waals surface area (Å²) < 4.78 is 16.8. The molecule has 0 N–H and O–H groups in total. The van der Waals surface area contributed by atoms with Gasteiger partial charge in [-0.3, -0.25) is 14.4 Å². The third-order valence-corrected chi connectivity index (χ3v) is 16.7. The molecule has 0 radical (unpaired) electrons. The molecule has 0 aromatic heterocycles. The molecule has 1 atom stereocenters. The zero-order valence-electron chi connectivity index (χ0n) is 54.4. The van der Waals surface area contributed by atoms with Gasteiger partial charge in [0.2, 0.25) is 0 Å². The highest BCUT2D eigenvalue weighted by molar-refractivity contribution is 5.71. The highest BCUT2D eigenvalue weighted by Crippen LogP contribution is 2.19. The van der Waals surface area contributed by atoms with Crippen LogP contribution in [0.25, 0.3) is 0 Å². The molecule has 6 heteroatoms. The summed E-state index contributed by atoms with van der Waals surface area (Å²) in [4.78, 5) is 38.0. The van der Waals surface area contributed by atoms with Crippen molar-refractivity contribution in [2.75, 3.05) is 13.2 Å². The van der Waals surface area contributed by atoms with Gasteiger partial charge >= 0.3 is 17.9 Å². The van der Waals surface area contributed by atoms with E-state index in [0.29, 0.717) is 19.3 Å². The maximum Gasteiger partial charge on any atom is 0.306 e. The van der Waals surface area contributed by atoms with Crippen molar-refractivity contribution in [1.82, 2.24) is 0 Å². The molecule has 0 aliphatic rings. The molecule has 0 aromatic carbocycles. The summed E-state index contributed by atoms with van der Waals surface area (Å²) >= 11 is 0. The fourth-order valence-corrected chi connectivity index (χ4v) is 11.2. The molecule has 6 nitrogen and oxygen atoms in total. The number of allylic oxidation sites excluding steroid dienone is 4. The van der Waals surface area contributed by atoms with Gasteiger partial charge < -0.3 is 14.2 Å². The summed E-state index contributed by atoms with van der Waals surface area (Å²) in [7, 11) is 0. The Bertz CT molecular complexity index is 1290. The molecule has 0 fully saturated rings. The van der Waals surface area contributed by atoms with Crippen LogP contribution in [0.15, 0.2) is 24.3 Å². The van der Waals surface area contributed by atoms with E-state index in [1.807, 2.05) is 0 Å². The van der Waals surface area contributed by atoms with E-state index >= 15 is 0 Å². The van der Waals surface area contributed by atoms with Crippen LogP contribution in [0.3, 0.4) is 0 Å². The minimum Gasteiger partial charge on any atom is -0.462 e. The number of carbonyl (C=O) groups is 3. The summed E-state index contributed by atoms with van der Waals surface area (Å²) in [5, 5.41) is 0. The number of esters is 3. The van der Waals surface area contributed by atoms with Gasteiger partial charge in [-0.25, -0.2) is 0 Å². The van der Waals surface area contributed by atoms with Crippen LogP contribution in [0.5, 0.6) is 0 Å². The highest BCUT2D eigenvalue weighted by atomic mass is 16.6. The zero-order chi connectivity index (χ0) is 57.8. The van der Waals surface area contributed by atoms with E-state index in [4.69, 9.17) is 14.2 Å². The van der Waals surface area contributed by atoms with E-state index in [-0.39, 0.29) is 31.1 Å². The second-order valence-electron chi connectivity index (χ2n) is 24.9. The van der Waals surface area contributed by atoms with Gasteiger partial charge in [0.15, 0.2) is 6.10 Å². The van der Waals surface area contributed by atoms with Crippen molar-refractivity contribution >= 4 is 17.9 Å². The van der Waals surface area contributed by atoms with Crippen LogP contribution >= 0.6 is 0 Å². The Kier molecular flexibility index (Phi) is 67.6. The molecule has 80 heavy (non-hydrogen) atoms. The summed E-state index contributed by atoms with van der Waals surface area (Å²) in [6.07, 6.45) is 85.7. The van der Waals surface area contributed by atoms with Gasteiger partial charge in [-0.2, -0.15) is 0 Å². The number of hydrogen-bond donors (Lipinski definition) is 0. The van der Waals surface area contributed by atoms with Crippen molar-refractivity contribution in [1.29, 1.82) is 0 Å². The molecule has 0 bridgehead atoms. The quantitative estimate of drug-likeness (QED) is 0.0261. The van der Waals surface area contributed by atoms with Crippen molar-refractivity contribution in [2.24, 2.45) is 0 Å². The first-order valence-corrected chi connectivity index (χ1v) is 36.3. The normalized spacial score (nSPS) is 12.1. The number of rotatable bonds is 68. The fourth-order valence-electron chi connectivity index (χ4n) is 11.2. The van der Waals surface area contributed by atoms with Gasteiger partial charge in [-0.1, -0.05) is 366 Å². The molecule has 0 amide bonds. The van der Waals surface area contributed by atoms with Gasteiger partial charge in [-0.15, -0.1) is 0 Å². The lowest BCUT2D eigenvalue weighted by Gasteiger charge is -2.18. The van der Waals surface area contributed by atoms with Crippen LogP contribution in [0.2, 0.25) is 0 Å². The monoisotopic (exact) mass is 1130 g/mol. The third kappa shape index (κ3) is 66.7. The van der Waals surface area contributed by atoms with Crippen LogP contribution in [0.4, 0.5) is 0 Å². The molecule has 0 heterocycles. The summed E-state index contributed by atoms with van der Waals surface area (Å²) in [5.41, 5.74) is 0. The Labute approximate surface area is 500 Å². The van der Waals surface area contributed by atoms with Crippen LogP contribution in [0, 0.1) is 0 Å². The van der Waals surface area contributed by atoms with E-state index in [2.05, 4.69) is 45.1 Å². The largest absolute Gasteiger partial charge is 0.462 e. The Morgan fingerprint density at radius 2 is 0.450 bits per heavy atom.